The van der Waals surface area contributed by atoms with Gasteiger partial charge < -0.3 is 20.3 Å². The molecule has 0 radical (unpaired) electrons. The zero-order valence-electron chi connectivity index (χ0n) is 39.7. The van der Waals surface area contributed by atoms with Crippen LogP contribution in [0.3, 0.4) is 0 Å². The number of unbranched alkanes of at least 4 members (excludes halogenated alkanes) is 38. The number of amides is 1. The summed E-state index contributed by atoms with van der Waals surface area (Å²) in [6, 6.07) is -0.634. The first kappa shape index (κ1) is 57.6. The maximum absolute atomic E-state index is 12.4. The monoisotopic (exact) mass is 834 g/mol. The molecule has 0 aliphatic heterocycles. The highest BCUT2D eigenvalue weighted by atomic mass is 16.5. The number of ether oxygens (including phenoxy) is 1. The average molecular weight is 834 g/mol. The van der Waals surface area contributed by atoms with Crippen molar-refractivity contribution < 1.29 is 24.5 Å². The number of aliphatic hydroxyl groups is 2. The lowest BCUT2D eigenvalue weighted by atomic mass is 10.0. The summed E-state index contributed by atoms with van der Waals surface area (Å²) >= 11 is 0. The molecule has 2 unspecified atom stereocenters. The van der Waals surface area contributed by atoms with Gasteiger partial charge in [0.15, 0.2) is 0 Å². The smallest absolute Gasteiger partial charge is 0.305 e. The van der Waals surface area contributed by atoms with Crippen LogP contribution in [0.5, 0.6) is 0 Å². The van der Waals surface area contributed by atoms with E-state index in [-0.39, 0.29) is 18.5 Å². The third-order valence-electron chi connectivity index (χ3n) is 12.3. The number of carbonyl (C=O) groups is 2. The summed E-state index contributed by atoms with van der Waals surface area (Å²) in [5.41, 5.74) is 0. The third kappa shape index (κ3) is 45.9. The van der Waals surface area contributed by atoms with Gasteiger partial charge in [0.25, 0.3) is 0 Å². The van der Waals surface area contributed by atoms with Gasteiger partial charge >= 0.3 is 5.97 Å². The summed E-state index contributed by atoms with van der Waals surface area (Å²) in [6.07, 6.45) is 56.5. The number of allylic oxidation sites excluding steroid dienone is 1. The van der Waals surface area contributed by atoms with Gasteiger partial charge in [0, 0.05) is 12.8 Å². The second-order valence-electron chi connectivity index (χ2n) is 18.2. The summed E-state index contributed by atoms with van der Waals surface area (Å²) in [5.74, 6) is -0.0840. The molecule has 0 aromatic rings. The zero-order chi connectivity index (χ0) is 43.0. The fourth-order valence-electron chi connectivity index (χ4n) is 8.22. The van der Waals surface area contributed by atoms with Crippen LogP contribution in [-0.4, -0.2) is 47.4 Å². The standard InChI is InChI=1S/C53H103NO5/c1-3-5-7-9-11-13-15-16-17-18-19-20-21-24-27-31-35-39-43-47-53(58)59-48-44-40-36-32-28-25-22-23-26-30-34-38-42-46-52(57)54-50(49-55)51(56)45-41-37-33-29-14-12-10-8-6-4-2/h41,45,50-51,55-56H,3-40,42-44,46-49H2,1-2H3,(H,54,57)/b45-41+. The van der Waals surface area contributed by atoms with Crippen molar-refractivity contribution >= 4 is 11.9 Å². The number of aliphatic hydroxyl groups excluding tert-OH is 2. The summed E-state index contributed by atoms with van der Waals surface area (Å²) < 4.78 is 5.48. The normalized spacial score (nSPS) is 12.7. The van der Waals surface area contributed by atoms with Crippen LogP contribution in [0, 0.1) is 0 Å². The molecule has 1 amide bonds. The topological polar surface area (TPSA) is 95.9 Å². The van der Waals surface area contributed by atoms with Gasteiger partial charge in [-0.15, -0.1) is 0 Å². The van der Waals surface area contributed by atoms with E-state index in [0.29, 0.717) is 19.4 Å². The Labute approximate surface area is 368 Å². The van der Waals surface area contributed by atoms with Crippen molar-refractivity contribution in [1.29, 1.82) is 0 Å². The van der Waals surface area contributed by atoms with Gasteiger partial charge in [-0.1, -0.05) is 257 Å². The minimum Gasteiger partial charge on any atom is -0.466 e. The molecule has 350 valence electrons. The van der Waals surface area contributed by atoms with Crippen LogP contribution >= 0.6 is 0 Å². The predicted octanol–water partition coefficient (Wildman–Crippen LogP) is 15.7. The van der Waals surface area contributed by atoms with Gasteiger partial charge in [-0.2, -0.15) is 0 Å². The highest BCUT2D eigenvalue weighted by molar-refractivity contribution is 5.76. The average Bonchev–Trinajstić information content (AvgIpc) is 3.24. The third-order valence-corrected chi connectivity index (χ3v) is 12.3. The van der Waals surface area contributed by atoms with Gasteiger partial charge in [0.05, 0.1) is 25.4 Å². The maximum Gasteiger partial charge on any atom is 0.305 e. The number of rotatable bonds is 49. The van der Waals surface area contributed by atoms with Crippen LogP contribution < -0.4 is 5.32 Å². The summed E-state index contributed by atoms with van der Waals surface area (Å²) in [5, 5.41) is 22.9. The number of hydrogen-bond acceptors (Lipinski definition) is 5. The molecule has 0 fully saturated rings. The fraction of sp³-hybridized carbons (Fsp3) is 0.925. The first-order chi connectivity index (χ1) is 29.0. The largest absolute Gasteiger partial charge is 0.466 e. The summed E-state index contributed by atoms with van der Waals surface area (Å²) in [7, 11) is 0. The van der Waals surface area contributed by atoms with E-state index < -0.39 is 12.1 Å². The highest BCUT2D eigenvalue weighted by Gasteiger charge is 2.18. The van der Waals surface area contributed by atoms with Crippen molar-refractivity contribution in [3.63, 3.8) is 0 Å². The van der Waals surface area contributed by atoms with Crippen molar-refractivity contribution in [1.82, 2.24) is 5.32 Å². The van der Waals surface area contributed by atoms with Crippen molar-refractivity contribution in [2.45, 2.75) is 302 Å². The molecule has 0 saturated heterocycles. The van der Waals surface area contributed by atoms with E-state index in [1.165, 1.54) is 205 Å². The Kier molecular flexibility index (Phi) is 48.1. The molecule has 0 aromatic carbocycles. The quantitative estimate of drug-likeness (QED) is 0.0322. The second-order valence-corrected chi connectivity index (χ2v) is 18.2. The van der Waals surface area contributed by atoms with Gasteiger partial charge in [-0.3, -0.25) is 9.59 Å². The fourth-order valence-corrected chi connectivity index (χ4v) is 8.22. The summed E-state index contributed by atoms with van der Waals surface area (Å²) in [4.78, 5) is 24.4. The van der Waals surface area contributed by atoms with E-state index >= 15 is 0 Å². The molecule has 0 aliphatic carbocycles. The molecular formula is C53H103NO5. The zero-order valence-corrected chi connectivity index (χ0v) is 39.7. The molecule has 6 nitrogen and oxygen atoms in total. The van der Waals surface area contributed by atoms with Gasteiger partial charge in [-0.25, -0.2) is 0 Å². The Balaban J connectivity index is 3.41. The Morgan fingerprint density at radius 1 is 0.458 bits per heavy atom. The van der Waals surface area contributed by atoms with E-state index in [9.17, 15) is 19.8 Å². The van der Waals surface area contributed by atoms with Crippen LogP contribution in [-0.2, 0) is 14.3 Å². The van der Waals surface area contributed by atoms with Crippen LogP contribution in [0.25, 0.3) is 0 Å². The van der Waals surface area contributed by atoms with Crippen LogP contribution in [0.2, 0.25) is 0 Å². The van der Waals surface area contributed by atoms with Crippen LogP contribution in [0.4, 0.5) is 0 Å². The molecule has 0 heterocycles. The van der Waals surface area contributed by atoms with E-state index in [1.807, 2.05) is 6.08 Å². The Hall–Kier alpha value is -1.40. The van der Waals surface area contributed by atoms with Gasteiger partial charge in [0.1, 0.15) is 0 Å². The van der Waals surface area contributed by atoms with E-state index in [4.69, 9.17) is 4.74 Å². The molecule has 59 heavy (non-hydrogen) atoms. The van der Waals surface area contributed by atoms with Gasteiger partial charge in [-0.05, 0) is 32.1 Å². The number of esters is 1. The molecule has 0 rings (SSSR count). The molecule has 0 bridgehead atoms. The van der Waals surface area contributed by atoms with Crippen LogP contribution in [0.1, 0.15) is 290 Å². The van der Waals surface area contributed by atoms with Crippen molar-refractivity contribution in [2.75, 3.05) is 13.2 Å². The molecule has 0 spiro atoms. The van der Waals surface area contributed by atoms with Crippen molar-refractivity contribution in [3.05, 3.63) is 12.2 Å². The molecule has 6 heteroatoms. The Bertz CT molecular complexity index is 878. The van der Waals surface area contributed by atoms with Crippen molar-refractivity contribution in [2.24, 2.45) is 0 Å². The number of hydrogen-bond donors (Lipinski definition) is 3. The minimum absolute atomic E-state index is 0.00233. The number of carbonyl (C=O) groups excluding carboxylic acids is 2. The van der Waals surface area contributed by atoms with E-state index in [2.05, 4.69) is 19.2 Å². The minimum atomic E-state index is -0.850. The Morgan fingerprint density at radius 2 is 0.780 bits per heavy atom. The molecule has 3 N–H and O–H groups in total. The molecular weight excluding hydrogens is 731 g/mol. The summed E-state index contributed by atoms with van der Waals surface area (Å²) in [6.45, 7) is 4.87. The first-order valence-corrected chi connectivity index (χ1v) is 26.5. The maximum atomic E-state index is 12.4. The molecule has 0 aromatic heterocycles. The van der Waals surface area contributed by atoms with Crippen molar-refractivity contribution in [3.8, 4) is 0 Å². The lowest BCUT2D eigenvalue weighted by Crippen LogP contribution is -2.45. The van der Waals surface area contributed by atoms with Crippen LogP contribution in [0.15, 0.2) is 12.2 Å². The second kappa shape index (κ2) is 49.3. The molecule has 2 atom stereocenters. The number of nitrogens with one attached hydrogen (secondary N) is 1. The van der Waals surface area contributed by atoms with Gasteiger partial charge in [0.2, 0.25) is 5.91 Å². The molecule has 0 aliphatic rings. The predicted molar refractivity (Wildman–Crippen MR) is 255 cm³/mol. The highest BCUT2D eigenvalue weighted by Crippen LogP contribution is 2.17. The SMILES string of the molecule is CCCCCCCCCC/C=C/C(O)C(CO)NC(=O)CCCCCCCCCCCCCCCOC(=O)CCCCCCCCCCCCCCCCCCCCC. The lowest BCUT2D eigenvalue weighted by Gasteiger charge is -2.20. The Morgan fingerprint density at radius 3 is 1.15 bits per heavy atom. The molecule has 0 saturated carbocycles. The lowest BCUT2D eigenvalue weighted by molar-refractivity contribution is -0.143. The van der Waals surface area contributed by atoms with E-state index in [0.717, 1.165) is 57.8 Å². The van der Waals surface area contributed by atoms with E-state index in [1.54, 1.807) is 6.08 Å². The first-order valence-electron chi connectivity index (χ1n) is 26.5.